The lowest BCUT2D eigenvalue weighted by molar-refractivity contribution is 0.0683. The summed E-state index contributed by atoms with van der Waals surface area (Å²) in [7, 11) is -3.75. The fourth-order valence-corrected chi connectivity index (χ4v) is 2.97. The summed E-state index contributed by atoms with van der Waals surface area (Å²) in [5.41, 5.74) is 0.743. The summed E-state index contributed by atoms with van der Waals surface area (Å²) in [5.74, 6) is -1.16. The van der Waals surface area contributed by atoms with E-state index in [4.69, 9.17) is 5.11 Å². The Balaban J connectivity index is 2.27. The van der Waals surface area contributed by atoms with Crippen LogP contribution in [0.25, 0.3) is 0 Å². The molecule has 21 heavy (non-hydrogen) atoms. The molecule has 2 heterocycles. The van der Waals surface area contributed by atoms with Crippen molar-refractivity contribution in [3.05, 3.63) is 42.0 Å². The van der Waals surface area contributed by atoms with Crippen LogP contribution < -0.4 is 4.72 Å². The van der Waals surface area contributed by atoms with Gasteiger partial charge >= 0.3 is 5.97 Å². The molecule has 3 N–H and O–H groups in total. The summed E-state index contributed by atoms with van der Waals surface area (Å²) in [6, 6.07) is 2.77. The molecule has 114 valence electrons. The van der Waals surface area contributed by atoms with Crippen molar-refractivity contribution < 1.29 is 18.3 Å². The molecule has 2 aromatic rings. The largest absolute Gasteiger partial charge is 0.477 e. The van der Waals surface area contributed by atoms with Crippen LogP contribution in [-0.2, 0) is 16.6 Å². The minimum absolute atomic E-state index is 0.0491. The first kappa shape index (κ1) is 15.3. The zero-order valence-electron chi connectivity index (χ0n) is 11.7. The first-order valence-corrected chi connectivity index (χ1v) is 7.86. The van der Waals surface area contributed by atoms with E-state index < -0.39 is 16.0 Å². The second kappa shape index (κ2) is 5.74. The molecule has 0 fully saturated rings. The number of aromatic nitrogens is 2. The SMILES string of the molecule is CC(C)n1cc(S(=O)(=O)NCc2cc[nH]c2)cc1C(=O)O. The number of hydrogen-bond donors (Lipinski definition) is 3. The highest BCUT2D eigenvalue weighted by Crippen LogP contribution is 2.19. The van der Waals surface area contributed by atoms with Gasteiger partial charge in [-0.15, -0.1) is 0 Å². The molecule has 0 bridgehead atoms. The maximum Gasteiger partial charge on any atom is 0.352 e. The van der Waals surface area contributed by atoms with E-state index in [1.807, 2.05) is 0 Å². The van der Waals surface area contributed by atoms with E-state index in [0.717, 1.165) is 5.56 Å². The van der Waals surface area contributed by atoms with Crippen molar-refractivity contribution in [2.45, 2.75) is 31.3 Å². The fourth-order valence-electron chi connectivity index (χ4n) is 1.93. The molecule has 0 saturated carbocycles. The van der Waals surface area contributed by atoms with E-state index in [0.29, 0.717) is 0 Å². The Hall–Kier alpha value is -2.06. The first-order valence-electron chi connectivity index (χ1n) is 6.38. The van der Waals surface area contributed by atoms with Crippen molar-refractivity contribution in [2.24, 2.45) is 0 Å². The number of carbonyl (C=O) groups is 1. The van der Waals surface area contributed by atoms with Gasteiger partial charge in [0.25, 0.3) is 0 Å². The zero-order valence-corrected chi connectivity index (χ0v) is 12.5. The number of nitrogens with one attached hydrogen (secondary N) is 2. The summed E-state index contributed by atoms with van der Waals surface area (Å²) in [5, 5.41) is 9.13. The monoisotopic (exact) mass is 311 g/mol. The van der Waals surface area contributed by atoms with Gasteiger partial charge in [0.05, 0.1) is 0 Å². The van der Waals surface area contributed by atoms with Crippen LogP contribution in [0.2, 0.25) is 0 Å². The van der Waals surface area contributed by atoms with E-state index in [1.54, 1.807) is 32.3 Å². The fraction of sp³-hybridized carbons (Fsp3) is 0.308. The topological polar surface area (TPSA) is 104 Å². The first-order chi connectivity index (χ1) is 9.81. The van der Waals surface area contributed by atoms with Gasteiger partial charge in [-0.25, -0.2) is 17.9 Å². The molecular weight excluding hydrogens is 294 g/mol. The maximum absolute atomic E-state index is 12.2. The molecule has 0 radical (unpaired) electrons. The Morgan fingerprint density at radius 3 is 2.67 bits per heavy atom. The molecule has 0 aliphatic rings. The number of sulfonamides is 1. The number of carboxylic acid groups (broad SMARTS) is 1. The molecule has 2 rings (SSSR count). The van der Waals surface area contributed by atoms with Crippen LogP contribution >= 0.6 is 0 Å². The number of rotatable bonds is 6. The predicted molar refractivity (Wildman–Crippen MR) is 76.6 cm³/mol. The van der Waals surface area contributed by atoms with Crippen LogP contribution in [0, 0.1) is 0 Å². The van der Waals surface area contributed by atoms with E-state index in [9.17, 15) is 13.2 Å². The number of aromatic amines is 1. The zero-order chi connectivity index (χ0) is 15.6. The molecule has 0 aliphatic carbocycles. The molecular formula is C13H17N3O4S. The number of H-pyrrole nitrogens is 1. The van der Waals surface area contributed by atoms with Gasteiger partial charge in [-0.1, -0.05) is 0 Å². The maximum atomic E-state index is 12.2. The van der Waals surface area contributed by atoms with Gasteiger partial charge < -0.3 is 14.7 Å². The van der Waals surface area contributed by atoms with E-state index in [-0.39, 0.29) is 23.2 Å². The van der Waals surface area contributed by atoms with Crippen LogP contribution in [0.1, 0.15) is 35.9 Å². The van der Waals surface area contributed by atoms with Crippen LogP contribution in [0.15, 0.2) is 35.6 Å². The van der Waals surface area contributed by atoms with Gasteiger partial charge in [0, 0.05) is 31.2 Å². The molecule has 8 heteroatoms. The molecule has 0 unspecified atom stereocenters. The van der Waals surface area contributed by atoms with E-state index in [1.165, 1.54) is 16.8 Å². The lowest BCUT2D eigenvalue weighted by Crippen LogP contribution is -2.22. The highest BCUT2D eigenvalue weighted by molar-refractivity contribution is 7.89. The minimum atomic E-state index is -3.75. The van der Waals surface area contributed by atoms with Crippen LogP contribution in [0.5, 0.6) is 0 Å². The van der Waals surface area contributed by atoms with Crippen molar-refractivity contribution in [3.8, 4) is 0 Å². The van der Waals surface area contributed by atoms with Crippen molar-refractivity contribution in [3.63, 3.8) is 0 Å². The normalized spacial score (nSPS) is 12.0. The summed E-state index contributed by atoms with van der Waals surface area (Å²) in [6.07, 6.45) is 4.72. The van der Waals surface area contributed by atoms with Crippen molar-refractivity contribution in [2.75, 3.05) is 0 Å². The van der Waals surface area contributed by atoms with Crippen molar-refractivity contribution in [1.29, 1.82) is 0 Å². The van der Waals surface area contributed by atoms with E-state index in [2.05, 4.69) is 9.71 Å². The third kappa shape index (κ3) is 3.34. The standard InChI is InChI=1S/C13H17N3O4S/c1-9(2)16-8-11(5-12(16)13(17)18)21(19,20)15-7-10-3-4-14-6-10/h3-6,8-9,14-15H,7H2,1-2H3,(H,17,18). The smallest absolute Gasteiger partial charge is 0.352 e. The quantitative estimate of drug-likeness (QED) is 0.753. The van der Waals surface area contributed by atoms with Gasteiger partial charge in [-0.2, -0.15) is 0 Å². The molecule has 0 atom stereocenters. The van der Waals surface area contributed by atoms with Gasteiger partial charge in [-0.3, -0.25) is 0 Å². The van der Waals surface area contributed by atoms with Crippen molar-refractivity contribution in [1.82, 2.24) is 14.3 Å². The summed E-state index contributed by atoms with van der Waals surface area (Å²) in [4.78, 5) is 14.0. The summed E-state index contributed by atoms with van der Waals surface area (Å²) >= 11 is 0. The van der Waals surface area contributed by atoms with Crippen LogP contribution in [0.4, 0.5) is 0 Å². The van der Waals surface area contributed by atoms with Crippen LogP contribution in [-0.4, -0.2) is 29.0 Å². The van der Waals surface area contributed by atoms with Gasteiger partial charge in [-0.05, 0) is 31.5 Å². The lowest BCUT2D eigenvalue weighted by atomic mass is 10.3. The van der Waals surface area contributed by atoms with Gasteiger partial charge in [0.2, 0.25) is 10.0 Å². The number of hydrogen-bond acceptors (Lipinski definition) is 3. The lowest BCUT2D eigenvalue weighted by Gasteiger charge is -2.09. The Kier molecular flexibility index (Phi) is 4.19. The molecule has 0 aromatic carbocycles. The number of aromatic carboxylic acids is 1. The molecule has 7 nitrogen and oxygen atoms in total. The molecule has 2 aromatic heterocycles. The summed E-state index contributed by atoms with van der Waals surface area (Å²) < 4.78 is 28.3. The third-order valence-electron chi connectivity index (χ3n) is 3.04. The molecule has 0 saturated heterocycles. The van der Waals surface area contributed by atoms with Crippen LogP contribution in [0.3, 0.4) is 0 Å². The predicted octanol–water partition coefficient (Wildman–Crippen LogP) is 1.57. The second-order valence-corrected chi connectivity index (χ2v) is 6.68. The molecule has 0 amide bonds. The highest BCUT2D eigenvalue weighted by Gasteiger charge is 2.22. The van der Waals surface area contributed by atoms with Gasteiger partial charge in [0.1, 0.15) is 10.6 Å². The third-order valence-corrected chi connectivity index (χ3v) is 4.41. The van der Waals surface area contributed by atoms with E-state index >= 15 is 0 Å². The molecule has 0 aliphatic heterocycles. The molecule has 0 spiro atoms. The Labute approximate surface area is 122 Å². The average molecular weight is 311 g/mol. The summed E-state index contributed by atoms with van der Waals surface area (Å²) in [6.45, 7) is 3.72. The van der Waals surface area contributed by atoms with Crippen molar-refractivity contribution >= 4 is 16.0 Å². The number of nitrogens with zero attached hydrogens (tertiary/aromatic N) is 1. The second-order valence-electron chi connectivity index (χ2n) is 4.91. The van der Waals surface area contributed by atoms with Gasteiger partial charge in [0.15, 0.2) is 0 Å². The number of carboxylic acids is 1. The Bertz CT molecular complexity index is 730. The highest BCUT2D eigenvalue weighted by atomic mass is 32.2. The average Bonchev–Trinajstić information content (AvgIpc) is 3.06. The Morgan fingerprint density at radius 2 is 2.19 bits per heavy atom. The minimum Gasteiger partial charge on any atom is -0.477 e. The Morgan fingerprint density at radius 1 is 1.48 bits per heavy atom.